The van der Waals surface area contributed by atoms with E-state index in [1.807, 2.05) is 0 Å². The number of hydrogen-bond donors (Lipinski definition) is 0. The molecule has 1 aliphatic rings. The fourth-order valence-electron chi connectivity index (χ4n) is 18.3. The third-order valence-electron chi connectivity index (χ3n) is 23.0. The standard InChI is InChI=1S/C101H62O2/c1-101(2)90-42-16-15-30-72(90)73-46-43-62(56-91(73)101)59-24-17-27-66(49-59)96-75-31-7-11-35-79(75)99(80-36-12-8-32-76(80)96)69-45-48-93-87(55-69)89-53-65-26-19-39-71(85(65)58-95(89)103-93)74-40-20-41-83-84(52-64-23-5-6-29-70(64)100(74)83)63-25-18-28-67(50-63)97-77-33-9-13-37-81(77)98(82-38-14-10-34-78(82)97)68-44-47-92-86(54-68)88-51-60-21-3-4-22-61(60)57-94(88)102-92/h3-58H,1-2H3. The van der Waals surface area contributed by atoms with Gasteiger partial charge in [0, 0.05) is 27.0 Å². The molecule has 0 saturated heterocycles. The molecule has 0 atom stereocenters. The minimum absolute atomic E-state index is 0.0813. The van der Waals surface area contributed by atoms with Gasteiger partial charge in [-0.25, -0.2) is 0 Å². The van der Waals surface area contributed by atoms with Crippen LogP contribution in [-0.4, -0.2) is 0 Å². The van der Waals surface area contributed by atoms with E-state index in [0.29, 0.717) is 0 Å². The SMILES string of the molecule is CC1(C)c2ccccc2-c2ccc(-c3cccc(-c4c5ccccc5c(-c5ccc6oc7cc8c(-c9cccc%10c(-c%11cccc(-c%12c%13ccccc%13c(-c%13ccc%14oc%15cc%16ccccc%16cc%15c%14c%13)c%13ccccc%12%13)c%11)cc%11ccccc%11c9%10)cccc8cc7c6c5)c5ccccc45)c3)cc21. The molecule has 2 heteroatoms. The van der Waals surface area contributed by atoms with Gasteiger partial charge in [-0.15, -0.1) is 0 Å². The summed E-state index contributed by atoms with van der Waals surface area (Å²) in [6.45, 7) is 4.72. The van der Waals surface area contributed by atoms with Crippen LogP contribution in [0.3, 0.4) is 0 Å². The molecule has 0 unspecified atom stereocenters. The van der Waals surface area contributed by atoms with Crippen molar-refractivity contribution >= 4 is 130 Å². The molecule has 22 rings (SSSR count). The monoisotopic (exact) mass is 1310 g/mol. The van der Waals surface area contributed by atoms with Crippen molar-refractivity contribution in [3.8, 4) is 89.0 Å². The number of hydrogen-bond acceptors (Lipinski definition) is 2. The molecule has 0 amide bonds. The third kappa shape index (κ3) is 8.62. The lowest BCUT2D eigenvalue weighted by molar-refractivity contribution is 0.660. The second-order valence-electron chi connectivity index (χ2n) is 28.8. The van der Waals surface area contributed by atoms with Gasteiger partial charge in [-0.1, -0.05) is 281 Å². The van der Waals surface area contributed by atoms with Gasteiger partial charge >= 0.3 is 0 Å². The van der Waals surface area contributed by atoms with E-state index < -0.39 is 0 Å². The molecular formula is C101H62O2. The second-order valence-corrected chi connectivity index (χ2v) is 28.8. The highest BCUT2D eigenvalue weighted by molar-refractivity contribution is 6.26. The Hall–Kier alpha value is -13.1. The van der Waals surface area contributed by atoms with E-state index in [2.05, 4.69) is 354 Å². The summed E-state index contributed by atoms with van der Waals surface area (Å²) in [5.41, 5.74) is 25.7. The van der Waals surface area contributed by atoms with Gasteiger partial charge in [0.25, 0.3) is 0 Å². The van der Waals surface area contributed by atoms with Crippen molar-refractivity contribution in [2.75, 3.05) is 0 Å². The highest BCUT2D eigenvalue weighted by atomic mass is 16.3. The number of rotatable bonds is 7. The maximum absolute atomic E-state index is 6.99. The lowest BCUT2D eigenvalue weighted by Crippen LogP contribution is -2.14. The Morgan fingerprint density at radius 3 is 1.17 bits per heavy atom. The van der Waals surface area contributed by atoms with E-state index >= 15 is 0 Å². The first kappa shape index (κ1) is 57.7. The molecule has 21 aromatic rings. The van der Waals surface area contributed by atoms with Gasteiger partial charge in [0.2, 0.25) is 0 Å². The first-order valence-electron chi connectivity index (χ1n) is 35.8. The van der Waals surface area contributed by atoms with Crippen LogP contribution >= 0.6 is 0 Å². The zero-order valence-corrected chi connectivity index (χ0v) is 56.6. The van der Waals surface area contributed by atoms with Crippen molar-refractivity contribution in [1.82, 2.24) is 0 Å². The van der Waals surface area contributed by atoms with Gasteiger partial charge < -0.3 is 8.83 Å². The van der Waals surface area contributed by atoms with Gasteiger partial charge in [-0.3, -0.25) is 0 Å². The zero-order valence-electron chi connectivity index (χ0n) is 56.6. The minimum atomic E-state index is -0.0813. The number of fused-ring (bicyclic) bond motifs is 18. The molecule has 1 aliphatic carbocycles. The van der Waals surface area contributed by atoms with Crippen LogP contribution in [0, 0.1) is 0 Å². The number of benzene rings is 19. The highest BCUT2D eigenvalue weighted by Crippen LogP contribution is 2.53. The average Bonchev–Trinajstić information content (AvgIpc) is 1.72. The van der Waals surface area contributed by atoms with Gasteiger partial charge in [0.15, 0.2) is 0 Å². The molecule has 0 aliphatic heterocycles. The Bertz CT molecular complexity index is 7160. The molecule has 0 N–H and O–H groups in total. The normalized spacial score (nSPS) is 12.8. The van der Waals surface area contributed by atoms with Crippen LogP contribution in [0.5, 0.6) is 0 Å². The predicted molar refractivity (Wildman–Crippen MR) is 437 cm³/mol. The van der Waals surface area contributed by atoms with E-state index in [9.17, 15) is 0 Å². The summed E-state index contributed by atoms with van der Waals surface area (Å²) in [4.78, 5) is 0. The lowest BCUT2D eigenvalue weighted by Gasteiger charge is -2.22. The molecule has 19 aromatic carbocycles. The van der Waals surface area contributed by atoms with Crippen molar-refractivity contribution in [1.29, 1.82) is 0 Å². The van der Waals surface area contributed by atoms with Crippen molar-refractivity contribution in [3.05, 3.63) is 351 Å². The summed E-state index contributed by atoms with van der Waals surface area (Å²) < 4.78 is 13.5. The van der Waals surface area contributed by atoms with Crippen molar-refractivity contribution in [3.63, 3.8) is 0 Å². The predicted octanol–water partition coefficient (Wildman–Crippen LogP) is 28.7. The summed E-state index contributed by atoms with van der Waals surface area (Å²) >= 11 is 0. The zero-order chi connectivity index (χ0) is 67.8. The maximum Gasteiger partial charge on any atom is 0.136 e. The van der Waals surface area contributed by atoms with E-state index in [1.54, 1.807) is 0 Å². The highest BCUT2D eigenvalue weighted by Gasteiger charge is 2.35. The van der Waals surface area contributed by atoms with Gasteiger partial charge in [-0.2, -0.15) is 0 Å². The molecule has 103 heavy (non-hydrogen) atoms. The van der Waals surface area contributed by atoms with Crippen LogP contribution in [0.25, 0.3) is 219 Å². The first-order chi connectivity index (χ1) is 50.8. The molecule has 0 fully saturated rings. The molecule has 0 radical (unpaired) electrons. The summed E-state index contributed by atoms with van der Waals surface area (Å²) in [6.07, 6.45) is 0. The second kappa shape index (κ2) is 21.9. The molecule has 2 nitrogen and oxygen atoms in total. The molecule has 2 heterocycles. The Morgan fingerprint density at radius 2 is 0.563 bits per heavy atom. The largest absolute Gasteiger partial charge is 0.456 e. The van der Waals surface area contributed by atoms with Crippen LogP contribution in [0.15, 0.2) is 349 Å². The quantitative estimate of drug-likeness (QED) is 0.117. The number of furan rings is 2. The summed E-state index contributed by atoms with van der Waals surface area (Å²) in [5.74, 6) is 0. The van der Waals surface area contributed by atoms with E-state index in [0.717, 1.165) is 65.8 Å². The van der Waals surface area contributed by atoms with E-state index in [-0.39, 0.29) is 5.41 Å². The topological polar surface area (TPSA) is 26.3 Å². The van der Waals surface area contributed by atoms with Crippen LogP contribution in [-0.2, 0) is 5.41 Å². The van der Waals surface area contributed by atoms with Gasteiger partial charge in [-0.05, 0) is 259 Å². The molecular weight excluding hydrogens is 1250 g/mol. The van der Waals surface area contributed by atoms with Crippen LogP contribution in [0.4, 0.5) is 0 Å². The summed E-state index contributed by atoms with van der Waals surface area (Å²) in [6, 6.07) is 127. The smallest absolute Gasteiger partial charge is 0.136 e. The van der Waals surface area contributed by atoms with E-state index in [4.69, 9.17) is 8.83 Å². The first-order valence-corrected chi connectivity index (χ1v) is 35.8. The van der Waals surface area contributed by atoms with Crippen molar-refractivity contribution in [2.24, 2.45) is 0 Å². The van der Waals surface area contributed by atoms with Gasteiger partial charge in [0.05, 0.1) is 0 Å². The van der Waals surface area contributed by atoms with Crippen LogP contribution in [0.1, 0.15) is 25.0 Å². The average molecular weight is 1310 g/mol. The summed E-state index contributed by atoms with van der Waals surface area (Å²) in [5, 5.41) is 23.7. The maximum atomic E-state index is 6.99. The third-order valence-corrected chi connectivity index (χ3v) is 23.0. The Kier molecular flexibility index (Phi) is 12.3. The Balaban J connectivity index is 0.651. The Labute approximate surface area is 594 Å². The van der Waals surface area contributed by atoms with Crippen LogP contribution in [0.2, 0.25) is 0 Å². The van der Waals surface area contributed by atoms with Crippen molar-refractivity contribution in [2.45, 2.75) is 19.3 Å². The molecule has 478 valence electrons. The van der Waals surface area contributed by atoms with Gasteiger partial charge in [0.1, 0.15) is 22.3 Å². The van der Waals surface area contributed by atoms with Crippen LogP contribution < -0.4 is 0 Å². The van der Waals surface area contributed by atoms with Crippen molar-refractivity contribution < 1.29 is 8.83 Å². The Morgan fingerprint density at radius 1 is 0.184 bits per heavy atom. The summed E-state index contributed by atoms with van der Waals surface area (Å²) in [7, 11) is 0. The minimum Gasteiger partial charge on any atom is -0.456 e. The molecule has 0 bridgehead atoms. The molecule has 0 spiro atoms. The fraction of sp³-hybridized carbons (Fsp3) is 0.0297. The molecule has 0 saturated carbocycles. The van der Waals surface area contributed by atoms with E-state index in [1.165, 1.54) is 164 Å². The fourth-order valence-corrected chi connectivity index (χ4v) is 18.3. The lowest BCUT2D eigenvalue weighted by atomic mass is 9.81. The molecule has 2 aromatic heterocycles.